The van der Waals surface area contributed by atoms with E-state index < -0.39 is 19.8 Å². The Bertz CT molecular complexity index is 1890. The summed E-state index contributed by atoms with van der Waals surface area (Å²) >= 11 is 0. The number of rotatable bonds is 16. The van der Waals surface area contributed by atoms with Crippen molar-refractivity contribution >= 4 is 52.2 Å². The van der Waals surface area contributed by atoms with Gasteiger partial charge in [-0.2, -0.15) is 5.09 Å². The van der Waals surface area contributed by atoms with Crippen molar-refractivity contribution in [2.75, 3.05) is 18.9 Å². The van der Waals surface area contributed by atoms with Crippen molar-refractivity contribution < 1.29 is 27.9 Å². The van der Waals surface area contributed by atoms with E-state index in [0.29, 0.717) is 35.9 Å². The number of hydrogen-bond acceptors (Lipinski definition) is 9. The molecule has 0 bridgehead atoms. The van der Waals surface area contributed by atoms with E-state index in [-0.39, 0.29) is 25.4 Å². The highest BCUT2D eigenvalue weighted by Gasteiger charge is 2.34. The van der Waals surface area contributed by atoms with Gasteiger partial charge in [0.25, 0.3) is 0 Å². The summed E-state index contributed by atoms with van der Waals surface area (Å²) in [7, 11) is -4.17. The number of nitrogens with two attached hydrogens (primary N) is 1. The number of nitrogens with one attached hydrogen (secondary N) is 1. The van der Waals surface area contributed by atoms with E-state index in [0.717, 1.165) is 40.0 Å². The number of para-hydroxylation sites is 1. The molecule has 11 nitrogen and oxygen atoms in total. The number of hydrogen-bond donors (Lipinski definition) is 2. The number of aromatic nitrogens is 3. The van der Waals surface area contributed by atoms with E-state index in [9.17, 15) is 9.36 Å². The van der Waals surface area contributed by atoms with Gasteiger partial charge >= 0.3 is 13.7 Å². The zero-order valence-corrected chi connectivity index (χ0v) is 28.5. The predicted octanol–water partition coefficient (Wildman–Crippen LogP) is 7.72. The first-order valence-electron chi connectivity index (χ1n) is 16.2. The van der Waals surface area contributed by atoms with Crippen LogP contribution in [0.4, 0.5) is 5.82 Å². The number of ether oxygens (including phenoxy) is 2. The van der Waals surface area contributed by atoms with Gasteiger partial charge < -0.3 is 24.3 Å². The van der Waals surface area contributed by atoms with Crippen molar-refractivity contribution in [2.24, 2.45) is 0 Å². The zero-order chi connectivity index (χ0) is 33.6. The molecule has 12 heteroatoms. The quantitative estimate of drug-likeness (QED) is 0.0798. The first-order valence-corrected chi connectivity index (χ1v) is 17.7. The van der Waals surface area contributed by atoms with Crippen molar-refractivity contribution in [3.63, 3.8) is 0 Å². The van der Waals surface area contributed by atoms with E-state index in [1.54, 1.807) is 32.9 Å². The highest BCUT2D eigenvalue weighted by atomic mass is 31.2. The summed E-state index contributed by atoms with van der Waals surface area (Å²) in [6.07, 6.45) is 2.12. The lowest BCUT2D eigenvalue weighted by Crippen LogP contribution is -2.36. The first kappa shape index (κ1) is 34.3. The minimum absolute atomic E-state index is 0.0229. The zero-order valence-electron chi connectivity index (χ0n) is 27.6. The molecule has 3 atom stereocenters. The number of fused-ring (bicyclic) bond motifs is 4. The van der Waals surface area contributed by atoms with Gasteiger partial charge in [0.05, 0.1) is 29.8 Å². The third kappa shape index (κ3) is 8.11. The van der Waals surface area contributed by atoms with E-state index in [1.165, 1.54) is 0 Å². The van der Waals surface area contributed by atoms with E-state index in [4.69, 9.17) is 29.2 Å². The molecule has 47 heavy (non-hydrogen) atoms. The largest absolute Gasteiger partial charge is 0.462 e. The molecule has 0 aliphatic rings. The maximum atomic E-state index is 14.6. The molecule has 2 aromatic heterocycles. The van der Waals surface area contributed by atoms with Gasteiger partial charge in [0, 0.05) is 12.0 Å². The second-order valence-corrected chi connectivity index (χ2v) is 13.5. The minimum Gasteiger partial charge on any atom is -0.462 e. The fraction of sp³-hybridized carbons (Fsp3) is 0.400. The molecular formula is C35H44N5O6P. The maximum absolute atomic E-state index is 14.6. The standard InChI is InChI=1S/C35H44N5O6P/c1-6-8-15-27(40-31(22-43-7-2)38-32-33(40)29-16-11-12-17-30(29)37-34(32)36)21-44-47(42,39-24(5)35(41)45-23(3)4)46-28-19-18-25-13-9-10-14-26(25)20-28/h9-14,16-20,23-24,27H,6-8,15,21-22H2,1-5H3,(H2,36,37)(H,39,42)/t24-,27+,47+/m0/s1. The van der Waals surface area contributed by atoms with Gasteiger partial charge in [0.2, 0.25) is 0 Å². The van der Waals surface area contributed by atoms with Crippen LogP contribution >= 0.6 is 7.75 Å². The Balaban J connectivity index is 1.55. The van der Waals surface area contributed by atoms with Gasteiger partial charge in [0.1, 0.15) is 29.7 Å². The van der Waals surface area contributed by atoms with Crippen molar-refractivity contribution in [1.29, 1.82) is 0 Å². The molecule has 0 saturated carbocycles. The highest BCUT2D eigenvalue weighted by Crippen LogP contribution is 2.47. The van der Waals surface area contributed by atoms with Crippen molar-refractivity contribution in [2.45, 2.75) is 78.7 Å². The number of pyridine rings is 1. The van der Waals surface area contributed by atoms with Crippen LogP contribution < -0.4 is 15.3 Å². The van der Waals surface area contributed by atoms with Gasteiger partial charge in [0.15, 0.2) is 5.82 Å². The van der Waals surface area contributed by atoms with Gasteiger partial charge in [-0.15, -0.1) is 0 Å². The molecule has 5 aromatic rings. The molecule has 0 amide bonds. The first-order chi connectivity index (χ1) is 22.6. The summed E-state index contributed by atoms with van der Waals surface area (Å²) < 4.78 is 40.3. The van der Waals surface area contributed by atoms with Crippen LogP contribution in [-0.2, 0) is 30.0 Å². The fourth-order valence-corrected chi connectivity index (χ4v) is 7.06. The van der Waals surface area contributed by atoms with E-state index >= 15 is 0 Å². The number of nitrogens with zero attached hydrogens (tertiary/aromatic N) is 3. The molecule has 0 aliphatic heterocycles. The van der Waals surface area contributed by atoms with Crippen LogP contribution in [0.15, 0.2) is 66.7 Å². The van der Waals surface area contributed by atoms with Crippen LogP contribution in [0.5, 0.6) is 5.75 Å². The number of esters is 1. The molecule has 0 radical (unpaired) electrons. The molecular weight excluding hydrogens is 617 g/mol. The summed E-state index contributed by atoms with van der Waals surface area (Å²) in [5, 5.41) is 5.63. The Labute approximate surface area is 275 Å². The predicted molar refractivity (Wildman–Crippen MR) is 185 cm³/mol. The summed E-state index contributed by atoms with van der Waals surface area (Å²) in [6, 6.07) is 19.7. The maximum Gasteiger partial charge on any atom is 0.459 e. The molecule has 0 saturated heterocycles. The Morgan fingerprint density at radius 1 is 1.00 bits per heavy atom. The number of benzene rings is 3. The number of imidazole rings is 1. The monoisotopic (exact) mass is 661 g/mol. The lowest BCUT2D eigenvalue weighted by atomic mass is 10.1. The number of unbranched alkanes of at least 4 members (excludes halogenated alkanes) is 1. The molecule has 0 aliphatic carbocycles. The molecule has 3 aromatic carbocycles. The molecule has 0 unspecified atom stereocenters. The third-order valence-electron chi connectivity index (χ3n) is 7.76. The smallest absolute Gasteiger partial charge is 0.459 e. The average molecular weight is 662 g/mol. The average Bonchev–Trinajstić information content (AvgIpc) is 3.43. The third-order valence-corrected chi connectivity index (χ3v) is 9.40. The molecule has 5 rings (SSSR count). The summed E-state index contributed by atoms with van der Waals surface area (Å²) in [5.74, 6) is 0.741. The fourth-order valence-electron chi connectivity index (χ4n) is 5.55. The van der Waals surface area contributed by atoms with E-state index in [1.807, 2.05) is 61.5 Å². The Kier molecular flexibility index (Phi) is 11.1. The second-order valence-electron chi connectivity index (χ2n) is 11.8. The minimum atomic E-state index is -4.17. The van der Waals surface area contributed by atoms with Crippen LogP contribution in [0.3, 0.4) is 0 Å². The van der Waals surface area contributed by atoms with Crippen molar-refractivity contribution in [3.05, 3.63) is 72.6 Å². The number of anilines is 1. The van der Waals surface area contributed by atoms with Crippen LogP contribution in [0.2, 0.25) is 0 Å². The van der Waals surface area contributed by atoms with Crippen molar-refractivity contribution in [1.82, 2.24) is 19.6 Å². The normalized spacial score (nSPS) is 14.4. The lowest BCUT2D eigenvalue weighted by molar-refractivity contribution is -0.149. The number of carbonyl (C=O) groups is 1. The molecule has 3 N–H and O–H groups in total. The number of carbonyl (C=O) groups excluding carboxylic acids is 1. The van der Waals surface area contributed by atoms with Gasteiger partial charge in [-0.3, -0.25) is 9.32 Å². The van der Waals surface area contributed by atoms with Gasteiger partial charge in [-0.05, 0) is 63.1 Å². The molecule has 0 spiro atoms. The molecule has 0 fully saturated rings. The van der Waals surface area contributed by atoms with Gasteiger partial charge in [-0.1, -0.05) is 68.3 Å². The number of nitrogen functional groups attached to an aromatic ring is 1. The Morgan fingerprint density at radius 3 is 2.49 bits per heavy atom. The van der Waals surface area contributed by atoms with Crippen LogP contribution in [0, 0.1) is 0 Å². The summed E-state index contributed by atoms with van der Waals surface area (Å²) in [5.41, 5.74) is 8.55. The molecule has 250 valence electrons. The lowest BCUT2D eigenvalue weighted by Gasteiger charge is -2.27. The van der Waals surface area contributed by atoms with E-state index in [2.05, 4.69) is 21.6 Å². The van der Waals surface area contributed by atoms with Crippen molar-refractivity contribution in [3.8, 4) is 5.75 Å². The SMILES string of the molecule is CCCC[C@H](CO[P@](=O)(N[C@@H](C)C(=O)OC(C)C)Oc1ccc2ccccc2c1)n1c(COCC)nc2c(N)nc3ccccc3c21. The Hall–Kier alpha value is -4.02. The molecule has 2 heterocycles. The summed E-state index contributed by atoms with van der Waals surface area (Å²) in [6.45, 7) is 9.83. The van der Waals surface area contributed by atoms with Crippen LogP contribution in [0.25, 0.3) is 32.7 Å². The van der Waals surface area contributed by atoms with Crippen LogP contribution in [0.1, 0.15) is 65.7 Å². The summed E-state index contributed by atoms with van der Waals surface area (Å²) in [4.78, 5) is 22.3. The van der Waals surface area contributed by atoms with Gasteiger partial charge in [-0.25, -0.2) is 14.5 Å². The topological polar surface area (TPSA) is 140 Å². The Morgan fingerprint density at radius 2 is 1.74 bits per heavy atom. The highest BCUT2D eigenvalue weighted by molar-refractivity contribution is 7.52. The van der Waals surface area contributed by atoms with Crippen LogP contribution in [-0.4, -0.2) is 45.9 Å². The second kappa shape index (κ2) is 15.3.